The molecule has 0 aromatic heterocycles. The monoisotopic (exact) mass is 299 g/mol. The van der Waals surface area contributed by atoms with E-state index in [1.165, 1.54) is 5.56 Å². The van der Waals surface area contributed by atoms with E-state index in [-0.39, 0.29) is 5.91 Å². The van der Waals surface area contributed by atoms with E-state index in [0.717, 1.165) is 32.2 Å². The number of rotatable bonds is 8. The van der Waals surface area contributed by atoms with Gasteiger partial charge in [-0.25, -0.2) is 0 Å². The van der Waals surface area contributed by atoms with E-state index in [4.69, 9.17) is 0 Å². The zero-order valence-corrected chi connectivity index (χ0v) is 13.5. The van der Waals surface area contributed by atoms with Gasteiger partial charge in [0.25, 0.3) is 0 Å². The number of amides is 1. The summed E-state index contributed by atoms with van der Waals surface area (Å²) >= 11 is 0. The van der Waals surface area contributed by atoms with Gasteiger partial charge in [0.1, 0.15) is 5.54 Å². The van der Waals surface area contributed by atoms with Crippen molar-refractivity contribution in [2.45, 2.75) is 38.1 Å². The van der Waals surface area contributed by atoms with E-state index < -0.39 is 5.54 Å². The number of nitriles is 1. The Morgan fingerprint density at radius 3 is 2.68 bits per heavy atom. The summed E-state index contributed by atoms with van der Waals surface area (Å²) in [6, 6.07) is 12.6. The number of nitrogens with zero attached hydrogens (tertiary/aromatic N) is 2. The van der Waals surface area contributed by atoms with Crippen molar-refractivity contribution in [3.63, 3.8) is 0 Å². The van der Waals surface area contributed by atoms with Gasteiger partial charge in [-0.3, -0.25) is 9.69 Å². The van der Waals surface area contributed by atoms with Crippen molar-refractivity contribution in [1.82, 2.24) is 10.2 Å². The van der Waals surface area contributed by atoms with Gasteiger partial charge < -0.3 is 5.32 Å². The van der Waals surface area contributed by atoms with E-state index in [1.807, 2.05) is 37.1 Å². The first-order valence-corrected chi connectivity index (χ1v) is 7.98. The van der Waals surface area contributed by atoms with Gasteiger partial charge in [0.05, 0.1) is 12.6 Å². The van der Waals surface area contributed by atoms with Crippen LogP contribution in [0.25, 0.3) is 0 Å². The normalized spacial score (nSPS) is 16.8. The molecule has 4 heteroatoms. The zero-order chi connectivity index (χ0) is 16.0. The van der Waals surface area contributed by atoms with Crippen molar-refractivity contribution in [3.8, 4) is 6.07 Å². The fraction of sp³-hybridized carbons (Fsp3) is 0.556. The predicted octanol–water partition coefficient (Wildman–Crippen LogP) is 2.36. The van der Waals surface area contributed by atoms with Gasteiger partial charge >= 0.3 is 0 Å². The first kappa shape index (κ1) is 16.5. The molecule has 1 saturated carbocycles. The van der Waals surface area contributed by atoms with Gasteiger partial charge in [0.2, 0.25) is 5.91 Å². The SMILES string of the molecule is CN(CCCc1ccccc1)CC(=O)N[C@@](C)(C#N)C1CC1. The summed E-state index contributed by atoms with van der Waals surface area (Å²) in [5.41, 5.74) is 0.633. The lowest BCUT2D eigenvalue weighted by Gasteiger charge is -2.24. The van der Waals surface area contributed by atoms with E-state index in [2.05, 4.69) is 23.5 Å². The molecule has 1 N–H and O–H groups in total. The van der Waals surface area contributed by atoms with Crippen LogP contribution in [0.1, 0.15) is 31.7 Å². The molecule has 1 atom stereocenters. The molecule has 0 spiro atoms. The van der Waals surface area contributed by atoms with Crippen LogP contribution in [0.3, 0.4) is 0 Å². The number of benzene rings is 1. The molecule has 1 aromatic carbocycles. The summed E-state index contributed by atoms with van der Waals surface area (Å²) < 4.78 is 0. The Balaban J connectivity index is 1.69. The Hall–Kier alpha value is -1.86. The highest BCUT2D eigenvalue weighted by Gasteiger charge is 2.42. The molecular formula is C18H25N3O. The van der Waals surface area contributed by atoms with Crippen LogP contribution in [0.15, 0.2) is 30.3 Å². The van der Waals surface area contributed by atoms with Crippen LogP contribution in [-0.2, 0) is 11.2 Å². The molecule has 1 aromatic rings. The standard InChI is InChI=1S/C18H25N3O/c1-18(14-19,16-10-11-16)20-17(22)13-21(2)12-6-9-15-7-4-3-5-8-15/h3-5,7-8,16H,6,9-13H2,1-2H3,(H,20,22)/t18-/m0/s1. The summed E-state index contributed by atoms with van der Waals surface area (Å²) in [6.45, 7) is 3.05. The highest BCUT2D eigenvalue weighted by atomic mass is 16.2. The van der Waals surface area contributed by atoms with E-state index in [9.17, 15) is 10.1 Å². The summed E-state index contributed by atoms with van der Waals surface area (Å²) in [7, 11) is 1.95. The highest BCUT2D eigenvalue weighted by molar-refractivity contribution is 5.79. The van der Waals surface area contributed by atoms with Crippen LogP contribution in [0.4, 0.5) is 0 Å². The van der Waals surface area contributed by atoms with Gasteiger partial charge in [-0.2, -0.15) is 5.26 Å². The van der Waals surface area contributed by atoms with Crippen molar-refractivity contribution >= 4 is 5.91 Å². The molecule has 1 aliphatic carbocycles. The smallest absolute Gasteiger partial charge is 0.235 e. The maximum atomic E-state index is 12.1. The maximum absolute atomic E-state index is 12.1. The van der Waals surface area contributed by atoms with Gasteiger partial charge in [-0.1, -0.05) is 30.3 Å². The fourth-order valence-electron chi connectivity index (χ4n) is 2.73. The first-order valence-electron chi connectivity index (χ1n) is 7.98. The molecule has 0 unspecified atom stereocenters. The van der Waals surface area contributed by atoms with E-state index >= 15 is 0 Å². The fourth-order valence-corrected chi connectivity index (χ4v) is 2.73. The molecule has 1 amide bonds. The van der Waals surface area contributed by atoms with Crippen molar-refractivity contribution in [2.24, 2.45) is 5.92 Å². The Morgan fingerprint density at radius 1 is 1.41 bits per heavy atom. The van der Waals surface area contributed by atoms with Crippen molar-refractivity contribution in [1.29, 1.82) is 5.26 Å². The second kappa shape index (κ2) is 7.42. The Morgan fingerprint density at radius 2 is 2.09 bits per heavy atom. The number of nitrogens with one attached hydrogen (secondary N) is 1. The minimum atomic E-state index is -0.692. The van der Waals surface area contributed by atoms with E-state index in [1.54, 1.807) is 0 Å². The summed E-state index contributed by atoms with van der Waals surface area (Å²) in [6.07, 6.45) is 4.12. The number of hydrogen-bond acceptors (Lipinski definition) is 3. The molecule has 0 heterocycles. The van der Waals surface area contributed by atoms with Crippen LogP contribution in [-0.4, -0.2) is 36.5 Å². The number of carbonyl (C=O) groups excluding carboxylic acids is 1. The Bertz CT molecular complexity index is 533. The molecule has 1 fully saturated rings. The third-order valence-corrected chi connectivity index (χ3v) is 4.29. The van der Waals surface area contributed by atoms with Crippen LogP contribution >= 0.6 is 0 Å². The molecule has 22 heavy (non-hydrogen) atoms. The van der Waals surface area contributed by atoms with Crippen LogP contribution < -0.4 is 5.32 Å². The topological polar surface area (TPSA) is 56.1 Å². The lowest BCUT2D eigenvalue weighted by Crippen LogP contribution is -2.49. The Kier molecular flexibility index (Phi) is 5.57. The molecule has 0 aliphatic heterocycles. The second-order valence-corrected chi connectivity index (χ2v) is 6.46. The average molecular weight is 299 g/mol. The van der Waals surface area contributed by atoms with Crippen LogP contribution in [0, 0.1) is 17.2 Å². The number of likely N-dealkylation sites (N-methyl/N-ethyl adjacent to an activating group) is 1. The van der Waals surface area contributed by atoms with Gasteiger partial charge in [-0.05, 0) is 57.7 Å². The minimum Gasteiger partial charge on any atom is -0.337 e. The largest absolute Gasteiger partial charge is 0.337 e. The van der Waals surface area contributed by atoms with Crippen molar-refractivity contribution in [2.75, 3.05) is 20.1 Å². The predicted molar refractivity (Wildman–Crippen MR) is 87.1 cm³/mol. The molecule has 0 bridgehead atoms. The second-order valence-electron chi connectivity index (χ2n) is 6.46. The quantitative estimate of drug-likeness (QED) is 0.801. The maximum Gasteiger partial charge on any atom is 0.235 e. The van der Waals surface area contributed by atoms with Gasteiger partial charge in [0.15, 0.2) is 0 Å². The van der Waals surface area contributed by atoms with Crippen molar-refractivity contribution in [3.05, 3.63) is 35.9 Å². The number of aryl methyl sites for hydroxylation is 1. The molecule has 2 rings (SSSR count). The van der Waals surface area contributed by atoms with Gasteiger partial charge in [-0.15, -0.1) is 0 Å². The molecule has 0 radical (unpaired) electrons. The van der Waals surface area contributed by atoms with Crippen molar-refractivity contribution < 1.29 is 4.79 Å². The van der Waals surface area contributed by atoms with Gasteiger partial charge in [0, 0.05) is 0 Å². The highest BCUT2D eigenvalue weighted by Crippen LogP contribution is 2.39. The number of hydrogen-bond donors (Lipinski definition) is 1. The van der Waals surface area contributed by atoms with E-state index in [0.29, 0.717) is 12.5 Å². The van der Waals surface area contributed by atoms with Crippen LogP contribution in [0.2, 0.25) is 0 Å². The lowest BCUT2D eigenvalue weighted by molar-refractivity contribution is -0.123. The molecule has 4 nitrogen and oxygen atoms in total. The lowest BCUT2D eigenvalue weighted by atomic mass is 9.98. The number of carbonyl (C=O) groups is 1. The molecular weight excluding hydrogens is 274 g/mol. The summed E-state index contributed by atoms with van der Waals surface area (Å²) in [5, 5.41) is 12.2. The molecule has 0 saturated heterocycles. The summed E-state index contributed by atoms with van der Waals surface area (Å²) in [4.78, 5) is 14.1. The minimum absolute atomic E-state index is 0.0573. The third kappa shape index (κ3) is 4.85. The van der Waals surface area contributed by atoms with Crippen LogP contribution in [0.5, 0.6) is 0 Å². The third-order valence-electron chi connectivity index (χ3n) is 4.29. The Labute approximate surface area is 133 Å². The first-order chi connectivity index (χ1) is 10.5. The zero-order valence-electron chi connectivity index (χ0n) is 13.5. The summed E-state index contributed by atoms with van der Waals surface area (Å²) in [5.74, 6) is 0.267. The average Bonchev–Trinajstić information content (AvgIpc) is 3.33. The molecule has 1 aliphatic rings. The molecule has 118 valence electrons.